The molecule has 1 aromatic heterocycles. The molecule has 0 saturated carbocycles. The fraction of sp³-hybridized carbons (Fsp3) is 0.227. The molecule has 0 saturated heterocycles. The van der Waals surface area contributed by atoms with Crippen LogP contribution in [0.1, 0.15) is 32.7 Å². The summed E-state index contributed by atoms with van der Waals surface area (Å²) in [6.45, 7) is 0.357. The number of amides is 2. The van der Waals surface area contributed by atoms with E-state index in [1.54, 1.807) is 5.38 Å². The minimum absolute atomic E-state index is 0.156. The first-order valence-electron chi connectivity index (χ1n) is 9.43. The molecule has 156 valence electrons. The molecule has 3 aromatic rings. The Labute approximate surface area is 179 Å². The normalized spacial score (nSPS) is 11.7. The van der Waals surface area contributed by atoms with Gasteiger partial charge in [0.15, 0.2) is 0 Å². The molecular formula is C22H24N4O3S. The number of thiazole rings is 1. The molecule has 8 heteroatoms. The van der Waals surface area contributed by atoms with Crippen LogP contribution in [0.2, 0.25) is 0 Å². The van der Waals surface area contributed by atoms with Gasteiger partial charge >= 0.3 is 0 Å². The van der Waals surface area contributed by atoms with Crippen LogP contribution in [0.3, 0.4) is 0 Å². The van der Waals surface area contributed by atoms with Crippen LogP contribution in [0.15, 0.2) is 60.0 Å². The lowest BCUT2D eigenvalue weighted by molar-refractivity contribution is -0.118. The van der Waals surface area contributed by atoms with E-state index in [0.29, 0.717) is 18.0 Å². The zero-order valence-corrected chi connectivity index (χ0v) is 17.5. The third kappa shape index (κ3) is 5.88. The maximum atomic E-state index is 12.3. The summed E-state index contributed by atoms with van der Waals surface area (Å²) in [7, 11) is 1.51. The number of nitrogens with zero attached hydrogens (tertiary/aromatic N) is 2. The van der Waals surface area contributed by atoms with Gasteiger partial charge in [0.05, 0.1) is 12.6 Å². The van der Waals surface area contributed by atoms with Gasteiger partial charge in [-0.05, 0) is 29.7 Å². The Morgan fingerprint density at radius 1 is 1.10 bits per heavy atom. The SMILES string of the molecule is CN(CC(N)=O)C(=O)c1csc(C(N)Cc2ccc(OCc3ccccc3)cc2)n1. The molecule has 3 rings (SSSR count). The Balaban J connectivity index is 1.55. The molecule has 0 bridgehead atoms. The molecule has 0 fully saturated rings. The Morgan fingerprint density at radius 2 is 1.80 bits per heavy atom. The maximum absolute atomic E-state index is 12.3. The van der Waals surface area contributed by atoms with Crippen molar-refractivity contribution in [2.45, 2.75) is 19.1 Å². The Bertz CT molecular complexity index is 989. The number of nitrogens with two attached hydrogens (primary N) is 2. The first-order valence-corrected chi connectivity index (χ1v) is 10.3. The maximum Gasteiger partial charge on any atom is 0.273 e. The van der Waals surface area contributed by atoms with E-state index in [0.717, 1.165) is 16.9 Å². The van der Waals surface area contributed by atoms with E-state index < -0.39 is 5.91 Å². The summed E-state index contributed by atoms with van der Waals surface area (Å²) in [4.78, 5) is 28.8. The van der Waals surface area contributed by atoms with Gasteiger partial charge in [-0.1, -0.05) is 42.5 Å². The highest BCUT2D eigenvalue weighted by molar-refractivity contribution is 7.09. The largest absolute Gasteiger partial charge is 0.489 e. The van der Waals surface area contributed by atoms with Gasteiger partial charge in [0.1, 0.15) is 23.1 Å². The molecule has 2 amide bonds. The topological polar surface area (TPSA) is 112 Å². The van der Waals surface area contributed by atoms with Crippen molar-refractivity contribution in [2.75, 3.05) is 13.6 Å². The average Bonchev–Trinajstić information content (AvgIpc) is 3.23. The zero-order valence-electron chi connectivity index (χ0n) is 16.7. The number of benzene rings is 2. The van der Waals surface area contributed by atoms with Crippen molar-refractivity contribution < 1.29 is 14.3 Å². The number of aromatic nitrogens is 1. The molecule has 0 aliphatic heterocycles. The molecule has 0 radical (unpaired) electrons. The van der Waals surface area contributed by atoms with Gasteiger partial charge in [-0.25, -0.2) is 4.98 Å². The highest BCUT2D eigenvalue weighted by Crippen LogP contribution is 2.22. The van der Waals surface area contributed by atoms with E-state index in [1.165, 1.54) is 23.3 Å². The van der Waals surface area contributed by atoms with Crippen LogP contribution in [-0.4, -0.2) is 35.3 Å². The molecule has 0 spiro atoms. The third-order valence-corrected chi connectivity index (χ3v) is 5.40. The summed E-state index contributed by atoms with van der Waals surface area (Å²) in [5, 5.41) is 2.31. The summed E-state index contributed by atoms with van der Waals surface area (Å²) < 4.78 is 5.80. The number of primary amides is 1. The number of rotatable bonds is 9. The third-order valence-electron chi connectivity index (χ3n) is 4.43. The zero-order chi connectivity index (χ0) is 21.5. The molecule has 0 aliphatic rings. The van der Waals surface area contributed by atoms with Crippen molar-refractivity contribution in [1.82, 2.24) is 9.88 Å². The molecule has 30 heavy (non-hydrogen) atoms. The minimum Gasteiger partial charge on any atom is -0.489 e. The van der Waals surface area contributed by atoms with Gasteiger partial charge < -0.3 is 21.1 Å². The second-order valence-corrected chi connectivity index (χ2v) is 7.82. The van der Waals surface area contributed by atoms with Gasteiger partial charge in [-0.15, -0.1) is 11.3 Å². The smallest absolute Gasteiger partial charge is 0.273 e. The second-order valence-electron chi connectivity index (χ2n) is 6.93. The Hall–Kier alpha value is -3.23. The van der Waals surface area contributed by atoms with E-state index in [9.17, 15) is 9.59 Å². The minimum atomic E-state index is -0.575. The molecule has 1 atom stereocenters. The predicted octanol–water partition coefficient (Wildman–Crippen LogP) is 2.52. The molecule has 1 unspecified atom stereocenters. The average molecular weight is 425 g/mol. The van der Waals surface area contributed by atoms with Crippen molar-refractivity contribution in [3.05, 3.63) is 81.8 Å². The van der Waals surface area contributed by atoms with Crippen molar-refractivity contribution in [2.24, 2.45) is 11.5 Å². The van der Waals surface area contributed by atoms with Crippen LogP contribution in [0.4, 0.5) is 0 Å². The molecule has 2 aromatic carbocycles. The van der Waals surface area contributed by atoms with Crippen molar-refractivity contribution in [3.63, 3.8) is 0 Å². The van der Waals surface area contributed by atoms with Gasteiger partial charge in [0.25, 0.3) is 5.91 Å². The van der Waals surface area contributed by atoms with Gasteiger partial charge in [0.2, 0.25) is 5.91 Å². The van der Waals surface area contributed by atoms with Crippen LogP contribution in [-0.2, 0) is 17.8 Å². The summed E-state index contributed by atoms with van der Waals surface area (Å²) in [6, 6.07) is 17.4. The lowest BCUT2D eigenvalue weighted by Gasteiger charge is -2.13. The van der Waals surface area contributed by atoms with E-state index in [1.807, 2.05) is 54.6 Å². The highest BCUT2D eigenvalue weighted by atomic mass is 32.1. The highest BCUT2D eigenvalue weighted by Gasteiger charge is 2.19. The summed E-state index contributed by atoms with van der Waals surface area (Å²) in [6.07, 6.45) is 0.581. The summed E-state index contributed by atoms with van der Waals surface area (Å²) in [5.41, 5.74) is 13.8. The number of hydrogen-bond donors (Lipinski definition) is 2. The van der Waals surface area contributed by atoms with Gasteiger partial charge in [-0.2, -0.15) is 0 Å². The Kier molecular flexibility index (Phi) is 7.16. The first kappa shape index (κ1) is 21.5. The van der Waals surface area contributed by atoms with E-state index in [2.05, 4.69) is 4.98 Å². The summed E-state index contributed by atoms with van der Waals surface area (Å²) >= 11 is 1.33. The first-order chi connectivity index (χ1) is 14.4. The van der Waals surface area contributed by atoms with E-state index in [-0.39, 0.29) is 24.2 Å². The Morgan fingerprint density at radius 3 is 2.47 bits per heavy atom. The number of carbonyl (C=O) groups is 2. The van der Waals surface area contributed by atoms with Crippen molar-refractivity contribution >= 4 is 23.2 Å². The second kappa shape index (κ2) is 10.00. The molecule has 4 N–H and O–H groups in total. The lowest BCUT2D eigenvalue weighted by atomic mass is 10.1. The van der Waals surface area contributed by atoms with Crippen LogP contribution < -0.4 is 16.2 Å². The quantitative estimate of drug-likeness (QED) is 0.548. The van der Waals surface area contributed by atoms with E-state index >= 15 is 0 Å². The van der Waals surface area contributed by atoms with Crippen molar-refractivity contribution in [3.8, 4) is 5.75 Å². The number of carbonyl (C=O) groups excluding carboxylic acids is 2. The monoisotopic (exact) mass is 424 g/mol. The van der Waals surface area contributed by atoms with Crippen LogP contribution >= 0.6 is 11.3 Å². The fourth-order valence-electron chi connectivity index (χ4n) is 2.86. The number of likely N-dealkylation sites (N-methyl/N-ethyl adjacent to an activating group) is 1. The van der Waals surface area contributed by atoms with Crippen LogP contribution in [0.5, 0.6) is 5.75 Å². The molecule has 0 aliphatic carbocycles. The van der Waals surface area contributed by atoms with Crippen molar-refractivity contribution in [1.29, 1.82) is 0 Å². The molecule has 1 heterocycles. The number of ether oxygens (including phenoxy) is 1. The summed E-state index contributed by atoms with van der Waals surface area (Å²) in [5.74, 6) is -0.145. The van der Waals surface area contributed by atoms with E-state index in [4.69, 9.17) is 16.2 Å². The lowest BCUT2D eigenvalue weighted by Crippen LogP contribution is -2.35. The molecule has 7 nitrogen and oxygen atoms in total. The van der Waals surface area contributed by atoms with Gasteiger partial charge in [-0.3, -0.25) is 9.59 Å². The molecular weight excluding hydrogens is 400 g/mol. The van der Waals surface area contributed by atoms with Gasteiger partial charge in [0, 0.05) is 12.4 Å². The standard InChI is InChI=1S/C22H24N4O3S/c1-26(12-20(24)27)22(28)19-14-30-21(25-19)18(23)11-15-7-9-17(10-8-15)29-13-16-5-3-2-4-6-16/h2-10,14,18H,11-13,23H2,1H3,(H2,24,27). The fourth-order valence-corrected chi connectivity index (χ4v) is 3.66. The number of hydrogen-bond acceptors (Lipinski definition) is 6. The van der Waals surface area contributed by atoms with Crippen LogP contribution in [0.25, 0.3) is 0 Å². The van der Waals surface area contributed by atoms with Crippen LogP contribution in [0, 0.1) is 0 Å². The predicted molar refractivity (Wildman–Crippen MR) is 116 cm³/mol.